The fourth-order valence-electron chi connectivity index (χ4n) is 7.96. The summed E-state index contributed by atoms with van der Waals surface area (Å²) in [6.45, 7) is 0. The second-order valence-electron chi connectivity index (χ2n) is 13.0. The number of benzene rings is 6. The molecule has 254 valence electrons. The van der Waals surface area contributed by atoms with Crippen molar-refractivity contribution < 1.29 is 39.0 Å². The molecular weight excluding hydrogens is 672 g/mol. The second kappa shape index (κ2) is 11.3. The number of fused-ring (bicyclic) bond motifs is 5. The van der Waals surface area contributed by atoms with Crippen LogP contribution in [-0.2, 0) is 5.41 Å². The van der Waals surface area contributed by atoms with E-state index in [2.05, 4.69) is 0 Å². The van der Waals surface area contributed by atoms with Crippen LogP contribution in [0.2, 0.25) is 0 Å². The first-order valence-corrected chi connectivity index (χ1v) is 16.5. The summed E-state index contributed by atoms with van der Waals surface area (Å²) in [6.07, 6.45) is 0. The minimum absolute atomic E-state index is 0.0228. The molecule has 2 heterocycles. The van der Waals surface area contributed by atoms with E-state index in [0.29, 0.717) is 11.4 Å². The molecule has 0 bridgehead atoms. The molecule has 9 rings (SSSR count). The lowest BCUT2D eigenvalue weighted by Gasteiger charge is -2.34. The zero-order valence-corrected chi connectivity index (χ0v) is 27.4. The molecule has 0 saturated carbocycles. The van der Waals surface area contributed by atoms with Crippen molar-refractivity contribution in [2.75, 3.05) is 9.80 Å². The molecule has 0 aromatic heterocycles. The smallest absolute Gasteiger partial charge is 0.335 e. The molecule has 1 aliphatic carbocycles. The molecule has 10 nitrogen and oxygen atoms in total. The maximum Gasteiger partial charge on any atom is 0.335 e. The highest BCUT2D eigenvalue weighted by atomic mass is 16.4. The van der Waals surface area contributed by atoms with Crippen LogP contribution in [0, 0.1) is 0 Å². The van der Waals surface area contributed by atoms with E-state index < -0.39 is 41.0 Å². The summed E-state index contributed by atoms with van der Waals surface area (Å²) >= 11 is 0. The van der Waals surface area contributed by atoms with Crippen molar-refractivity contribution >= 4 is 46.9 Å². The second-order valence-corrected chi connectivity index (χ2v) is 13.0. The number of hydrogen-bond acceptors (Lipinski definition) is 6. The van der Waals surface area contributed by atoms with Gasteiger partial charge in [0.25, 0.3) is 23.6 Å². The van der Waals surface area contributed by atoms with Crippen LogP contribution in [0.1, 0.15) is 84.4 Å². The van der Waals surface area contributed by atoms with Gasteiger partial charge in [0, 0.05) is 0 Å². The minimum atomic E-state index is -1.20. The summed E-state index contributed by atoms with van der Waals surface area (Å²) in [5.74, 6) is -4.74. The molecule has 2 N–H and O–H groups in total. The van der Waals surface area contributed by atoms with Gasteiger partial charge in [-0.25, -0.2) is 19.4 Å². The molecule has 0 unspecified atom stereocenters. The van der Waals surface area contributed by atoms with Gasteiger partial charge in [0.15, 0.2) is 0 Å². The summed E-state index contributed by atoms with van der Waals surface area (Å²) in [7, 11) is 0. The van der Waals surface area contributed by atoms with E-state index in [9.17, 15) is 39.0 Å². The topological polar surface area (TPSA) is 149 Å². The number of carbonyl (C=O) groups excluding carboxylic acids is 4. The molecule has 0 saturated heterocycles. The van der Waals surface area contributed by atoms with Gasteiger partial charge < -0.3 is 10.2 Å². The van der Waals surface area contributed by atoms with Gasteiger partial charge in [0.05, 0.1) is 50.2 Å². The number of imide groups is 2. The Morgan fingerprint density at radius 2 is 0.774 bits per heavy atom. The summed E-state index contributed by atoms with van der Waals surface area (Å²) in [4.78, 5) is 79.0. The van der Waals surface area contributed by atoms with Crippen LogP contribution < -0.4 is 9.80 Å². The molecule has 10 heteroatoms. The Bertz CT molecular complexity index is 2480. The summed E-state index contributed by atoms with van der Waals surface area (Å²) < 4.78 is 0. The van der Waals surface area contributed by atoms with E-state index in [4.69, 9.17) is 0 Å². The number of nitrogens with zero attached hydrogens (tertiary/aromatic N) is 2. The standard InChI is InChI=1S/C43H24N2O8/c46-37-31-19-9-23(41(50)51)21-33(31)39(48)44(37)27-15-11-25(12-16-27)43(35-7-3-1-5-29(35)30-6-2-4-8-36(30)43)26-13-17-28(18-14-26)45-38(47)32-20-10-24(42(52)53)22-34(32)40(45)49/h1-22H,(H,50,51)(H,52,53). The highest BCUT2D eigenvalue weighted by Crippen LogP contribution is 2.56. The molecule has 53 heavy (non-hydrogen) atoms. The zero-order valence-electron chi connectivity index (χ0n) is 27.4. The van der Waals surface area contributed by atoms with Crippen LogP contribution in [0.3, 0.4) is 0 Å². The van der Waals surface area contributed by atoms with Gasteiger partial charge in [-0.15, -0.1) is 0 Å². The van der Waals surface area contributed by atoms with Crippen molar-refractivity contribution in [2.24, 2.45) is 0 Å². The molecule has 4 amide bonds. The third-order valence-electron chi connectivity index (χ3n) is 10.3. The van der Waals surface area contributed by atoms with Crippen molar-refractivity contribution in [1.29, 1.82) is 0 Å². The zero-order chi connectivity index (χ0) is 36.8. The lowest BCUT2D eigenvalue weighted by atomic mass is 9.67. The first-order chi connectivity index (χ1) is 25.6. The van der Waals surface area contributed by atoms with E-state index in [1.807, 2.05) is 72.8 Å². The van der Waals surface area contributed by atoms with Crippen molar-refractivity contribution in [3.8, 4) is 11.1 Å². The Hall–Kier alpha value is -7.46. The van der Waals surface area contributed by atoms with Crippen LogP contribution in [0.15, 0.2) is 133 Å². The van der Waals surface area contributed by atoms with Crippen molar-refractivity contribution in [3.63, 3.8) is 0 Å². The minimum Gasteiger partial charge on any atom is -0.478 e. The van der Waals surface area contributed by atoms with Crippen molar-refractivity contribution in [1.82, 2.24) is 0 Å². The third kappa shape index (κ3) is 4.32. The summed E-state index contributed by atoms with van der Waals surface area (Å²) in [5.41, 5.74) is 5.46. The van der Waals surface area contributed by atoms with Gasteiger partial charge in [-0.1, -0.05) is 72.8 Å². The lowest BCUT2D eigenvalue weighted by molar-refractivity contribution is 0.0686. The highest BCUT2D eigenvalue weighted by Gasteiger charge is 2.47. The van der Waals surface area contributed by atoms with Gasteiger partial charge in [-0.05, 0) is 94.0 Å². The predicted molar refractivity (Wildman–Crippen MR) is 193 cm³/mol. The van der Waals surface area contributed by atoms with Crippen LogP contribution in [0.5, 0.6) is 0 Å². The normalized spacial score (nSPS) is 14.9. The summed E-state index contributed by atoms with van der Waals surface area (Å²) in [6, 6.07) is 38.0. The van der Waals surface area contributed by atoms with Gasteiger partial charge in [0.2, 0.25) is 0 Å². The lowest BCUT2D eigenvalue weighted by Crippen LogP contribution is -2.31. The number of carbonyl (C=O) groups is 6. The number of carboxylic acids is 2. The molecule has 6 aromatic rings. The quantitative estimate of drug-likeness (QED) is 0.176. The third-order valence-corrected chi connectivity index (χ3v) is 10.3. The molecular formula is C43H24N2O8. The Balaban J connectivity index is 1.15. The van der Waals surface area contributed by atoms with E-state index in [1.54, 1.807) is 24.3 Å². The van der Waals surface area contributed by atoms with E-state index in [-0.39, 0.29) is 33.4 Å². The highest BCUT2D eigenvalue weighted by molar-refractivity contribution is 6.35. The number of aromatic carboxylic acids is 2. The molecule has 0 fully saturated rings. The molecule has 6 aromatic carbocycles. The van der Waals surface area contributed by atoms with E-state index in [1.165, 1.54) is 36.4 Å². The van der Waals surface area contributed by atoms with Crippen LogP contribution in [0.4, 0.5) is 11.4 Å². The first-order valence-electron chi connectivity index (χ1n) is 16.5. The first kappa shape index (κ1) is 31.5. The SMILES string of the molecule is O=C(O)c1ccc2c(c1)C(=O)N(c1ccc(C3(c4ccc(N5C(=O)c6ccc(C(=O)O)cc6C5=O)cc4)c4ccccc4-c4ccccc43)cc1)C2=O. The van der Waals surface area contributed by atoms with Gasteiger partial charge >= 0.3 is 11.9 Å². The van der Waals surface area contributed by atoms with Crippen LogP contribution >= 0.6 is 0 Å². The van der Waals surface area contributed by atoms with Crippen molar-refractivity contribution in [2.45, 2.75) is 5.41 Å². The number of amides is 4. The Labute approximate surface area is 300 Å². The summed E-state index contributed by atoms with van der Waals surface area (Å²) in [5, 5.41) is 18.9. The molecule has 2 aliphatic heterocycles. The molecule has 0 spiro atoms. The monoisotopic (exact) mass is 696 g/mol. The maximum atomic E-state index is 13.5. The molecule has 0 radical (unpaired) electrons. The number of hydrogen-bond donors (Lipinski definition) is 2. The largest absolute Gasteiger partial charge is 0.478 e. The van der Waals surface area contributed by atoms with Crippen molar-refractivity contribution in [3.05, 3.63) is 189 Å². The molecule has 0 atom stereocenters. The van der Waals surface area contributed by atoms with Gasteiger partial charge in [-0.3, -0.25) is 19.2 Å². The fourth-order valence-corrected chi connectivity index (χ4v) is 7.96. The number of anilines is 2. The van der Waals surface area contributed by atoms with E-state index >= 15 is 0 Å². The Morgan fingerprint density at radius 1 is 0.415 bits per heavy atom. The van der Waals surface area contributed by atoms with Gasteiger partial charge in [-0.2, -0.15) is 0 Å². The number of rotatable bonds is 6. The van der Waals surface area contributed by atoms with Crippen LogP contribution in [-0.4, -0.2) is 45.8 Å². The average Bonchev–Trinajstić information content (AvgIpc) is 3.72. The van der Waals surface area contributed by atoms with E-state index in [0.717, 1.165) is 43.2 Å². The average molecular weight is 697 g/mol. The number of carboxylic acid groups (broad SMARTS) is 2. The molecule has 3 aliphatic rings. The Kier molecular flexibility index (Phi) is 6.70. The predicted octanol–water partition coefficient (Wildman–Crippen LogP) is 7.05. The fraction of sp³-hybridized carbons (Fsp3) is 0.0233. The van der Waals surface area contributed by atoms with Crippen LogP contribution in [0.25, 0.3) is 11.1 Å². The van der Waals surface area contributed by atoms with Gasteiger partial charge in [0.1, 0.15) is 0 Å². The maximum absolute atomic E-state index is 13.5. The Morgan fingerprint density at radius 3 is 1.15 bits per heavy atom.